The molecule has 1 N–H and O–H groups in total. The van der Waals surface area contributed by atoms with Crippen molar-refractivity contribution in [3.05, 3.63) is 34.3 Å². The Balaban J connectivity index is 2.13. The molecule has 0 radical (unpaired) electrons. The Labute approximate surface area is 116 Å². The molecule has 2 heterocycles. The van der Waals surface area contributed by atoms with Crippen molar-refractivity contribution in [2.45, 2.75) is 13.5 Å². The first-order chi connectivity index (χ1) is 9.56. The number of hydrogen-bond donors (Lipinski definition) is 1. The minimum Gasteiger partial charge on any atom is -0.478 e. The third-order valence-electron chi connectivity index (χ3n) is 3.00. The largest absolute Gasteiger partial charge is 0.478 e. The fourth-order valence-electron chi connectivity index (χ4n) is 2.03. The monoisotopic (exact) mass is 279 g/mol. The van der Waals surface area contributed by atoms with Crippen LogP contribution in [0, 0.1) is 0 Å². The van der Waals surface area contributed by atoms with Crippen molar-refractivity contribution in [2.24, 2.45) is 0 Å². The highest BCUT2D eigenvalue weighted by Gasteiger charge is 2.12. The van der Waals surface area contributed by atoms with Gasteiger partial charge in [-0.1, -0.05) is 0 Å². The highest BCUT2D eigenvalue weighted by Crippen LogP contribution is 2.11. The van der Waals surface area contributed by atoms with Crippen LogP contribution in [0.4, 0.5) is 5.69 Å². The summed E-state index contributed by atoms with van der Waals surface area (Å²) >= 11 is 0. The van der Waals surface area contributed by atoms with Gasteiger partial charge >= 0.3 is 5.97 Å². The van der Waals surface area contributed by atoms with Gasteiger partial charge in [0.25, 0.3) is 5.56 Å². The number of carboxylic acids is 1. The Kier molecular flexibility index (Phi) is 4.52. The van der Waals surface area contributed by atoms with Crippen LogP contribution in [0.3, 0.4) is 0 Å². The summed E-state index contributed by atoms with van der Waals surface area (Å²) in [4.78, 5) is 24.6. The van der Waals surface area contributed by atoms with Crippen molar-refractivity contribution < 1.29 is 14.6 Å². The van der Waals surface area contributed by atoms with Gasteiger partial charge in [-0.3, -0.25) is 4.79 Å². The number of nitrogens with zero attached hydrogens (tertiary/aromatic N) is 3. The molecule has 1 saturated heterocycles. The van der Waals surface area contributed by atoms with Gasteiger partial charge in [0.05, 0.1) is 31.6 Å². The lowest BCUT2D eigenvalue weighted by Gasteiger charge is -2.28. The van der Waals surface area contributed by atoms with Crippen LogP contribution < -0.4 is 10.5 Å². The number of aromatic nitrogens is 2. The molecule has 1 aromatic heterocycles. The van der Waals surface area contributed by atoms with Gasteiger partial charge in [0, 0.05) is 25.2 Å². The van der Waals surface area contributed by atoms with E-state index in [-0.39, 0.29) is 12.1 Å². The lowest BCUT2D eigenvalue weighted by Crippen LogP contribution is -2.37. The van der Waals surface area contributed by atoms with E-state index in [4.69, 9.17) is 9.84 Å². The van der Waals surface area contributed by atoms with Crippen molar-refractivity contribution >= 4 is 11.7 Å². The summed E-state index contributed by atoms with van der Waals surface area (Å²) in [5, 5.41) is 12.7. The maximum absolute atomic E-state index is 12.0. The number of allylic oxidation sites excluding steroid dienone is 1. The summed E-state index contributed by atoms with van der Waals surface area (Å²) in [6.07, 6.45) is 2.70. The average molecular weight is 279 g/mol. The number of carbonyl (C=O) groups is 1. The predicted octanol–water partition coefficient (Wildman–Crippen LogP) is 0.111. The summed E-state index contributed by atoms with van der Waals surface area (Å²) in [6.45, 7) is 4.59. The van der Waals surface area contributed by atoms with Crippen LogP contribution in [0.1, 0.15) is 6.92 Å². The van der Waals surface area contributed by atoms with Crippen LogP contribution in [-0.2, 0) is 16.1 Å². The number of ether oxygens (including phenoxy) is 1. The van der Waals surface area contributed by atoms with E-state index < -0.39 is 5.97 Å². The topological polar surface area (TPSA) is 84.7 Å². The number of hydrogen-bond acceptors (Lipinski definition) is 5. The Hall–Kier alpha value is -2.15. The van der Waals surface area contributed by atoms with Gasteiger partial charge in [-0.05, 0) is 12.5 Å². The number of carboxylic acid groups (broad SMARTS) is 1. The molecule has 1 aromatic rings. The third kappa shape index (κ3) is 3.67. The zero-order valence-electron chi connectivity index (χ0n) is 11.3. The van der Waals surface area contributed by atoms with Crippen LogP contribution in [0.25, 0.3) is 0 Å². The average Bonchev–Trinajstić information content (AvgIpc) is 2.41. The maximum Gasteiger partial charge on any atom is 0.328 e. The number of morpholine rings is 1. The zero-order chi connectivity index (χ0) is 14.5. The van der Waals surface area contributed by atoms with Gasteiger partial charge in [0.2, 0.25) is 0 Å². The van der Waals surface area contributed by atoms with Crippen LogP contribution in [0.5, 0.6) is 0 Å². The standard InChI is InChI=1S/C13H17N3O4/c1-10(6-13(18)19)9-16-12(17)7-11(8-14-16)15-2-4-20-5-3-15/h6-8H,2-5,9H2,1H3,(H,18,19). The molecule has 0 aromatic carbocycles. The number of rotatable bonds is 4. The SMILES string of the molecule is CC(=CC(=O)O)Cn1ncc(N2CCOCC2)cc1=O. The van der Waals surface area contributed by atoms with Gasteiger partial charge in [0.1, 0.15) is 0 Å². The van der Waals surface area contributed by atoms with Crippen molar-refractivity contribution in [3.8, 4) is 0 Å². The Morgan fingerprint density at radius 3 is 2.80 bits per heavy atom. The Morgan fingerprint density at radius 2 is 2.20 bits per heavy atom. The molecule has 0 bridgehead atoms. The molecule has 7 nitrogen and oxygen atoms in total. The lowest BCUT2D eigenvalue weighted by molar-refractivity contribution is -0.131. The highest BCUT2D eigenvalue weighted by atomic mass is 16.5. The predicted molar refractivity (Wildman–Crippen MR) is 72.9 cm³/mol. The Bertz CT molecular complexity index is 573. The summed E-state index contributed by atoms with van der Waals surface area (Å²) < 4.78 is 6.51. The molecule has 7 heteroatoms. The van der Waals surface area contributed by atoms with E-state index >= 15 is 0 Å². The minimum absolute atomic E-state index is 0.175. The first-order valence-corrected chi connectivity index (χ1v) is 6.36. The van der Waals surface area contributed by atoms with E-state index in [0.717, 1.165) is 24.9 Å². The van der Waals surface area contributed by atoms with Gasteiger partial charge in [-0.25, -0.2) is 9.48 Å². The molecular formula is C13H17N3O4. The van der Waals surface area contributed by atoms with Crippen molar-refractivity contribution in [3.63, 3.8) is 0 Å². The van der Waals surface area contributed by atoms with Crippen molar-refractivity contribution in [2.75, 3.05) is 31.2 Å². The van der Waals surface area contributed by atoms with Gasteiger partial charge in [0.15, 0.2) is 0 Å². The van der Waals surface area contributed by atoms with Crippen LogP contribution in [0.15, 0.2) is 28.7 Å². The molecule has 0 unspecified atom stereocenters. The molecule has 1 aliphatic rings. The van der Waals surface area contributed by atoms with E-state index in [1.54, 1.807) is 13.1 Å². The lowest BCUT2D eigenvalue weighted by atomic mass is 10.3. The van der Waals surface area contributed by atoms with E-state index in [1.807, 2.05) is 4.90 Å². The second kappa shape index (κ2) is 6.33. The summed E-state index contributed by atoms with van der Waals surface area (Å²) in [5.74, 6) is -1.03. The molecule has 20 heavy (non-hydrogen) atoms. The highest BCUT2D eigenvalue weighted by molar-refractivity contribution is 5.80. The maximum atomic E-state index is 12.0. The quantitative estimate of drug-likeness (QED) is 0.788. The van der Waals surface area contributed by atoms with Crippen LogP contribution in [-0.4, -0.2) is 47.2 Å². The summed E-state index contributed by atoms with van der Waals surface area (Å²) in [6, 6.07) is 1.52. The van der Waals surface area contributed by atoms with E-state index in [2.05, 4.69) is 5.10 Å². The second-order valence-corrected chi connectivity index (χ2v) is 4.64. The second-order valence-electron chi connectivity index (χ2n) is 4.64. The minimum atomic E-state index is -1.03. The first-order valence-electron chi connectivity index (χ1n) is 6.36. The summed E-state index contributed by atoms with van der Waals surface area (Å²) in [7, 11) is 0. The molecule has 1 fully saturated rings. The fourth-order valence-corrected chi connectivity index (χ4v) is 2.03. The van der Waals surface area contributed by atoms with Crippen LogP contribution in [0.2, 0.25) is 0 Å². The van der Waals surface area contributed by atoms with Gasteiger partial charge in [-0.2, -0.15) is 5.10 Å². The van der Waals surface area contributed by atoms with E-state index in [1.165, 1.54) is 10.7 Å². The Morgan fingerprint density at radius 1 is 1.50 bits per heavy atom. The molecule has 108 valence electrons. The number of aliphatic carboxylic acids is 1. The van der Waals surface area contributed by atoms with E-state index in [0.29, 0.717) is 18.8 Å². The fraction of sp³-hybridized carbons (Fsp3) is 0.462. The van der Waals surface area contributed by atoms with Crippen LogP contribution >= 0.6 is 0 Å². The summed E-state index contributed by atoms with van der Waals surface area (Å²) in [5.41, 5.74) is 1.09. The van der Waals surface area contributed by atoms with Gasteiger partial charge in [-0.15, -0.1) is 0 Å². The normalized spacial score (nSPS) is 16.2. The van der Waals surface area contributed by atoms with Crippen molar-refractivity contribution in [1.82, 2.24) is 9.78 Å². The van der Waals surface area contributed by atoms with Gasteiger partial charge < -0.3 is 14.7 Å². The number of anilines is 1. The first kappa shape index (κ1) is 14.3. The molecule has 2 rings (SSSR count). The molecular weight excluding hydrogens is 262 g/mol. The smallest absolute Gasteiger partial charge is 0.328 e. The molecule has 1 aliphatic heterocycles. The zero-order valence-corrected chi connectivity index (χ0v) is 11.3. The molecule has 0 atom stereocenters. The molecule has 0 spiro atoms. The molecule has 0 aliphatic carbocycles. The third-order valence-corrected chi connectivity index (χ3v) is 3.00. The van der Waals surface area contributed by atoms with E-state index in [9.17, 15) is 9.59 Å². The molecule has 0 saturated carbocycles. The van der Waals surface area contributed by atoms with Crippen molar-refractivity contribution in [1.29, 1.82) is 0 Å². The molecule has 0 amide bonds.